The van der Waals surface area contributed by atoms with E-state index >= 15 is 0 Å². The lowest BCUT2D eigenvalue weighted by atomic mass is 9.55. The molecule has 1 fully saturated rings. The van der Waals surface area contributed by atoms with Gasteiger partial charge in [-0.2, -0.15) is 0 Å². The van der Waals surface area contributed by atoms with E-state index in [0.717, 1.165) is 35.1 Å². The number of imide groups is 1. The Labute approximate surface area is 215 Å². The smallest absolute Gasteiger partial charge is 0.247 e. The lowest BCUT2D eigenvalue weighted by molar-refractivity contribution is -0.147. The Morgan fingerprint density at radius 3 is 1.86 bits per heavy atom. The van der Waals surface area contributed by atoms with E-state index in [-0.39, 0.29) is 29.6 Å². The van der Waals surface area contributed by atoms with Crippen LogP contribution in [0.1, 0.15) is 60.3 Å². The number of carbonyl (C=O) groups is 3. The van der Waals surface area contributed by atoms with E-state index in [4.69, 9.17) is 11.6 Å². The molecule has 6 heteroatoms. The van der Waals surface area contributed by atoms with E-state index in [0.29, 0.717) is 17.1 Å². The first kappa shape index (κ1) is 23.0. The number of nitrogens with zero attached hydrogens (tertiary/aromatic N) is 1. The fourth-order valence-corrected chi connectivity index (χ4v) is 6.76. The summed E-state index contributed by atoms with van der Waals surface area (Å²) in [5, 5.41) is 3.40. The molecular weight excluding hydrogens is 472 g/mol. The Morgan fingerprint density at radius 2 is 1.39 bits per heavy atom. The molecule has 4 aliphatic rings. The highest BCUT2D eigenvalue weighted by Crippen LogP contribution is 2.61. The average Bonchev–Trinajstić information content (AvgIpc) is 3.15. The molecule has 0 radical (unpaired) electrons. The maximum Gasteiger partial charge on any atom is 0.247 e. The molecule has 3 aromatic rings. The summed E-state index contributed by atoms with van der Waals surface area (Å²) in [5.41, 5.74) is 5.04. The van der Waals surface area contributed by atoms with Crippen molar-refractivity contribution in [1.82, 2.24) is 4.90 Å². The van der Waals surface area contributed by atoms with Crippen LogP contribution in [0.2, 0.25) is 5.02 Å². The molecule has 182 valence electrons. The number of anilines is 1. The summed E-state index contributed by atoms with van der Waals surface area (Å²) >= 11 is 6.11. The molecule has 3 atom stereocenters. The van der Waals surface area contributed by atoms with Gasteiger partial charge in [0, 0.05) is 22.5 Å². The predicted molar refractivity (Wildman–Crippen MR) is 139 cm³/mol. The molecule has 7 rings (SSSR count). The van der Waals surface area contributed by atoms with Gasteiger partial charge in [-0.15, -0.1) is 0 Å². The SMILES string of the molecule is CCCC[C@H](C(=O)Nc1cccc(Cl)c1)N1C(=O)[C@H]2C3c4ccccc4C(c4ccccc43)[C@@H]2C1=O. The van der Waals surface area contributed by atoms with Crippen LogP contribution in [0.15, 0.2) is 72.8 Å². The first-order valence-corrected chi connectivity index (χ1v) is 13.0. The number of hydrogen-bond donors (Lipinski definition) is 1. The summed E-state index contributed by atoms with van der Waals surface area (Å²) in [6, 6.07) is 22.4. The van der Waals surface area contributed by atoms with Crippen LogP contribution in [0.25, 0.3) is 0 Å². The molecule has 0 aromatic heterocycles. The van der Waals surface area contributed by atoms with Crippen LogP contribution in [0.4, 0.5) is 5.69 Å². The Balaban J connectivity index is 1.40. The number of rotatable bonds is 6. The largest absolute Gasteiger partial charge is 0.324 e. The van der Waals surface area contributed by atoms with Crippen LogP contribution in [-0.2, 0) is 14.4 Å². The third-order valence-electron chi connectivity index (χ3n) is 8.02. The predicted octanol–water partition coefficient (Wildman–Crippen LogP) is 5.73. The highest BCUT2D eigenvalue weighted by molar-refractivity contribution is 6.31. The summed E-state index contributed by atoms with van der Waals surface area (Å²) in [5.74, 6) is -2.16. The minimum atomic E-state index is -0.861. The van der Waals surface area contributed by atoms with Crippen LogP contribution < -0.4 is 5.32 Å². The second kappa shape index (κ2) is 8.90. The van der Waals surface area contributed by atoms with Crippen molar-refractivity contribution in [2.75, 3.05) is 5.32 Å². The summed E-state index contributed by atoms with van der Waals surface area (Å²) in [6.07, 6.45) is 2.01. The van der Waals surface area contributed by atoms with Gasteiger partial charge in [-0.25, -0.2) is 0 Å². The van der Waals surface area contributed by atoms with Crippen LogP contribution in [-0.4, -0.2) is 28.7 Å². The first-order chi connectivity index (χ1) is 17.5. The Hall–Kier alpha value is -3.44. The van der Waals surface area contributed by atoms with Crippen molar-refractivity contribution in [1.29, 1.82) is 0 Å². The van der Waals surface area contributed by atoms with Gasteiger partial charge in [0.1, 0.15) is 6.04 Å². The van der Waals surface area contributed by atoms with Crippen molar-refractivity contribution in [3.05, 3.63) is 100 Å². The number of amides is 3. The van der Waals surface area contributed by atoms with E-state index in [1.54, 1.807) is 24.3 Å². The van der Waals surface area contributed by atoms with E-state index in [1.807, 2.05) is 31.2 Å². The van der Waals surface area contributed by atoms with Crippen LogP contribution in [0.5, 0.6) is 0 Å². The van der Waals surface area contributed by atoms with Gasteiger partial charge in [-0.3, -0.25) is 19.3 Å². The highest BCUT2D eigenvalue weighted by atomic mass is 35.5. The number of nitrogens with one attached hydrogen (secondary N) is 1. The zero-order valence-electron chi connectivity index (χ0n) is 20.0. The highest BCUT2D eigenvalue weighted by Gasteiger charge is 2.62. The number of carbonyl (C=O) groups excluding carboxylic acids is 3. The summed E-state index contributed by atoms with van der Waals surface area (Å²) < 4.78 is 0. The molecule has 3 aromatic carbocycles. The van der Waals surface area contributed by atoms with Crippen molar-refractivity contribution in [2.24, 2.45) is 11.8 Å². The fraction of sp³-hybridized carbons (Fsp3) is 0.300. The van der Waals surface area contributed by atoms with Crippen molar-refractivity contribution in [3.63, 3.8) is 0 Å². The molecule has 36 heavy (non-hydrogen) atoms. The summed E-state index contributed by atoms with van der Waals surface area (Å²) in [6.45, 7) is 2.03. The van der Waals surface area contributed by atoms with Gasteiger partial charge < -0.3 is 5.32 Å². The Kier molecular flexibility index (Phi) is 5.68. The second-order valence-electron chi connectivity index (χ2n) is 9.97. The quantitative estimate of drug-likeness (QED) is 0.441. The molecule has 3 aliphatic carbocycles. The van der Waals surface area contributed by atoms with Crippen LogP contribution in [0, 0.1) is 11.8 Å². The molecule has 3 amide bonds. The number of benzene rings is 3. The molecule has 1 heterocycles. The Bertz CT molecular complexity index is 1270. The number of likely N-dealkylation sites (tertiary alicyclic amines) is 1. The zero-order chi connectivity index (χ0) is 25.0. The van der Waals surface area contributed by atoms with Crippen molar-refractivity contribution >= 4 is 35.0 Å². The molecule has 2 bridgehead atoms. The number of hydrogen-bond acceptors (Lipinski definition) is 3. The van der Waals surface area contributed by atoms with E-state index < -0.39 is 17.9 Å². The molecule has 0 spiro atoms. The number of halogens is 1. The topological polar surface area (TPSA) is 66.5 Å². The van der Waals surface area contributed by atoms with Gasteiger partial charge in [0.2, 0.25) is 17.7 Å². The fourth-order valence-electron chi connectivity index (χ4n) is 6.57. The molecule has 0 saturated carbocycles. The first-order valence-electron chi connectivity index (χ1n) is 12.6. The normalized spacial score (nSPS) is 24.2. The standard InChI is InChI=1S/C30H27ClN2O3/c1-2-3-15-23(28(34)32-18-10-8-9-17(31)16-18)33-29(35)26-24-19-11-4-5-12-20(19)25(27(26)30(33)36)22-14-7-6-13-21(22)24/h4-14,16,23-27H,2-3,15H2,1H3,(H,32,34)/t23-,24?,25?,26+,27+/m1/s1. The average molecular weight is 499 g/mol. The summed E-state index contributed by atoms with van der Waals surface area (Å²) in [7, 11) is 0. The molecule has 1 N–H and O–H groups in total. The maximum absolute atomic E-state index is 14.1. The van der Waals surface area contributed by atoms with Gasteiger partial charge >= 0.3 is 0 Å². The Morgan fingerprint density at radius 1 is 0.861 bits per heavy atom. The van der Waals surface area contributed by atoms with Gasteiger partial charge in [-0.1, -0.05) is 86.0 Å². The van der Waals surface area contributed by atoms with E-state index in [2.05, 4.69) is 29.6 Å². The number of unbranched alkanes of at least 4 members (excludes halogenated alkanes) is 1. The lowest BCUT2D eigenvalue weighted by Crippen LogP contribution is -2.48. The van der Waals surface area contributed by atoms with Crippen molar-refractivity contribution < 1.29 is 14.4 Å². The summed E-state index contributed by atoms with van der Waals surface area (Å²) in [4.78, 5) is 43.0. The van der Waals surface area contributed by atoms with E-state index in [9.17, 15) is 14.4 Å². The second-order valence-corrected chi connectivity index (χ2v) is 10.4. The van der Waals surface area contributed by atoms with Crippen LogP contribution >= 0.6 is 11.6 Å². The van der Waals surface area contributed by atoms with Gasteiger partial charge in [-0.05, 0) is 46.9 Å². The third-order valence-corrected chi connectivity index (χ3v) is 8.26. The lowest BCUT2D eigenvalue weighted by Gasteiger charge is -2.45. The third kappa shape index (κ3) is 3.40. The molecule has 0 unspecified atom stereocenters. The van der Waals surface area contributed by atoms with Crippen molar-refractivity contribution in [3.8, 4) is 0 Å². The van der Waals surface area contributed by atoms with Crippen molar-refractivity contribution in [2.45, 2.75) is 44.1 Å². The van der Waals surface area contributed by atoms with Gasteiger partial charge in [0.25, 0.3) is 0 Å². The van der Waals surface area contributed by atoms with Gasteiger partial charge in [0.05, 0.1) is 11.8 Å². The molecule has 1 aliphatic heterocycles. The minimum Gasteiger partial charge on any atom is -0.324 e. The maximum atomic E-state index is 14.1. The van der Waals surface area contributed by atoms with E-state index in [1.165, 1.54) is 4.90 Å². The van der Waals surface area contributed by atoms with Crippen LogP contribution in [0.3, 0.4) is 0 Å². The molecular formula is C30H27ClN2O3. The molecule has 5 nitrogen and oxygen atoms in total. The zero-order valence-corrected chi connectivity index (χ0v) is 20.7. The van der Waals surface area contributed by atoms with Gasteiger partial charge in [0.15, 0.2) is 0 Å². The minimum absolute atomic E-state index is 0.184. The monoisotopic (exact) mass is 498 g/mol. The molecule has 1 saturated heterocycles.